The minimum atomic E-state index is -4.81. The smallest absolute Gasteiger partial charge is 0.334 e. The lowest BCUT2D eigenvalue weighted by molar-refractivity contribution is -0.136. The van der Waals surface area contributed by atoms with Gasteiger partial charge in [0.15, 0.2) is 0 Å². The van der Waals surface area contributed by atoms with Gasteiger partial charge in [-0.2, -0.15) is 13.2 Å². The molecule has 1 saturated carbocycles. The summed E-state index contributed by atoms with van der Waals surface area (Å²) in [7, 11) is 2.43. The van der Waals surface area contributed by atoms with Crippen molar-refractivity contribution in [2.75, 3.05) is 6.54 Å². The number of fused-ring (bicyclic) bond motifs is 1. The van der Waals surface area contributed by atoms with Crippen molar-refractivity contribution in [2.45, 2.75) is 57.2 Å². The fourth-order valence-electron chi connectivity index (χ4n) is 4.92. The Hall–Kier alpha value is -2.65. The molecule has 2 aromatic heterocycles. The lowest BCUT2D eigenvalue weighted by Gasteiger charge is -2.26. The number of likely N-dealkylation sites (tertiary alicyclic amines) is 1. The van der Waals surface area contributed by atoms with Gasteiger partial charge in [-0.05, 0) is 37.7 Å². The summed E-state index contributed by atoms with van der Waals surface area (Å²) < 4.78 is 43.3. The SMILES string of the molecule is Cn1c(=O)c2c(C(F)(F)F)cc([C@H]3CCCN3C(=O)CC3CCCC3)nc2n(C)c1=O. The van der Waals surface area contributed by atoms with Crippen molar-refractivity contribution in [1.29, 1.82) is 0 Å². The van der Waals surface area contributed by atoms with Crippen LogP contribution in [0.25, 0.3) is 11.0 Å². The predicted octanol–water partition coefficient (Wildman–Crippen LogP) is 2.89. The molecule has 2 aliphatic rings. The topological polar surface area (TPSA) is 77.2 Å². The molecular formula is C21H25F3N4O3. The molecule has 0 aromatic carbocycles. The molecule has 1 aliphatic carbocycles. The van der Waals surface area contributed by atoms with E-state index in [-0.39, 0.29) is 17.2 Å². The molecule has 0 radical (unpaired) electrons. The van der Waals surface area contributed by atoms with E-state index < -0.39 is 34.4 Å². The zero-order valence-electron chi connectivity index (χ0n) is 17.5. The largest absolute Gasteiger partial charge is 0.417 e. The van der Waals surface area contributed by atoms with Crippen LogP contribution in [0.1, 0.15) is 62.2 Å². The summed E-state index contributed by atoms with van der Waals surface area (Å²) in [5.41, 5.74) is -3.16. The molecule has 7 nitrogen and oxygen atoms in total. The van der Waals surface area contributed by atoms with Crippen LogP contribution in [0.15, 0.2) is 15.7 Å². The number of nitrogens with zero attached hydrogens (tertiary/aromatic N) is 4. The highest BCUT2D eigenvalue weighted by molar-refractivity contribution is 5.80. The normalized spacial score (nSPS) is 20.2. The number of halogens is 3. The summed E-state index contributed by atoms with van der Waals surface area (Å²) in [6.45, 7) is 0.465. The number of aryl methyl sites for hydroxylation is 1. The molecule has 0 bridgehead atoms. The van der Waals surface area contributed by atoms with Crippen LogP contribution in [-0.4, -0.2) is 31.5 Å². The minimum Gasteiger partial charge on any atom is -0.334 e. The number of amides is 1. The Morgan fingerprint density at radius 2 is 1.77 bits per heavy atom. The zero-order valence-corrected chi connectivity index (χ0v) is 17.5. The van der Waals surface area contributed by atoms with Crippen LogP contribution in [0.5, 0.6) is 0 Å². The third-order valence-electron chi connectivity index (χ3n) is 6.59. The number of aromatic nitrogens is 3. The van der Waals surface area contributed by atoms with Crippen LogP contribution in [0, 0.1) is 5.92 Å². The molecule has 4 rings (SSSR count). The highest BCUT2D eigenvalue weighted by Crippen LogP contribution is 2.38. The number of rotatable bonds is 3. The van der Waals surface area contributed by atoms with E-state index in [1.54, 1.807) is 4.90 Å². The lowest BCUT2D eigenvalue weighted by atomic mass is 10.0. The summed E-state index contributed by atoms with van der Waals surface area (Å²) in [6.07, 6.45) is 0.954. The molecule has 3 heterocycles. The second-order valence-corrected chi connectivity index (χ2v) is 8.60. The second-order valence-electron chi connectivity index (χ2n) is 8.60. The van der Waals surface area contributed by atoms with Crippen molar-refractivity contribution in [3.05, 3.63) is 38.2 Å². The number of alkyl halides is 3. The van der Waals surface area contributed by atoms with Crippen molar-refractivity contribution in [1.82, 2.24) is 19.0 Å². The Kier molecular flexibility index (Phi) is 5.43. The summed E-state index contributed by atoms with van der Waals surface area (Å²) in [6, 6.07) is 0.276. The van der Waals surface area contributed by atoms with Crippen LogP contribution in [0.3, 0.4) is 0 Å². The van der Waals surface area contributed by atoms with Gasteiger partial charge in [0.25, 0.3) is 5.56 Å². The van der Waals surface area contributed by atoms with E-state index in [0.29, 0.717) is 36.3 Å². The van der Waals surface area contributed by atoms with Gasteiger partial charge in [0.2, 0.25) is 5.91 Å². The van der Waals surface area contributed by atoms with Crippen LogP contribution in [0.2, 0.25) is 0 Å². The van der Waals surface area contributed by atoms with E-state index in [9.17, 15) is 27.6 Å². The Morgan fingerprint density at radius 1 is 1.10 bits per heavy atom. The van der Waals surface area contributed by atoms with Crippen molar-refractivity contribution in [3.8, 4) is 0 Å². The zero-order chi connectivity index (χ0) is 22.5. The number of carbonyl (C=O) groups excluding carboxylic acids is 1. The quantitative estimate of drug-likeness (QED) is 0.739. The third kappa shape index (κ3) is 3.76. The number of hydrogen-bond donors (Lipinski definition) is 0. The summed E-state index contributed by atoms with van der Waals surface area (Å²) in [5, 5.41) is -0.636. The molecule has 1 saturated heterocycles. The van der Waals surface area contributed by atoms with Gasteiger partial charge in [0.05, 0.1) is 22.7 Å². The van der Waals surface area contributed by atoms with E-state index in [2.05, 4.69) is 4.98 Å². The maximum absolute atomic E-state index is 13.9. The van der Waals surface area contributed by atoms with Crippen molar-refractivity contribution in [2.24, 2.45) is 20.0 Å². The minimum absolute atomic E-state index is 0.0669. The highest BCUT2D eigenvalue weighted by Gasteiger charge is 2.39. The Balaban J connectivity index is 1.83. The Bertz CT molecular complexity index is 1150. The average molecular weight is 438 g/mol. The molecule has 0 N–H and O–H groups in total. The number of hydrogen-bond acceptors (Lipinski definition) is 4. The molecule has 0 unspecified atom stereocenters. The van der Waals surface area contributed by atoms with Gasteiger partial charge in [0.1, 0.15) is 5.65 Å². The van der Waals surface area contributed by atoms with E-state index >= 15 is 0 Å². The molecule has 31 heavy (non-hydrogen) atoms. The van der Waals surface area contributed by atoms with Crippen molar-refractivity contribution in [3.63, 3.8) is 0 Å². The number of carbonyl (C=O) groups is 1. The maximum atomic E-state index is 13.9. The molecule has 1 aliphatic heterocycles. The van der Waals surface area contributed by atoms with Gasteiger partial charge < -0.3 is 4.90 Å². The van der Waals surface area contributed by atoms with Crippen LogP contribution in [-0.2, 0) is 25.1 Å². The molecule has 168 valence electrons. The maximum Gasteiger partial charge on any atom is 0.417 e. The Labute approximate surface area is 176 Å². The number of pyridine rings is 1. The van der Waals surface area contributed by atoms with Gasteiger partial charge in [-0.3, -0.25) is 18.7 Å². The second kappa shape index (κ2) is 7.80. The van der Waals surface area contributed by atoms with Gasteiger partial charge in [0, 0.05) is 27.1 Å². The van der Waals surface area contributed by atoms with Crippen LogP contribution in [0.4, 0.5) is 13.2 Å². The third-order valence-corrected chi connectivity index (χ3v) is 6.59. The summed E-state index contributed by atoms with van der Waals surface area (Å²) in [5.74, 6) is 0.260. The van der Waals surface area contributed by atoms with Gasteiger partial charge in [-0.1, -0.05) is 12.8 Å². The van der Waals surface area contributed by atoms with E-state index in [1.165, 1.54) is 7.05 Å². The van der Waals surface area contributed by atoms with Gasteiger partial charge >= 0.3 is 11.9 Å². The standard InChI is InChI=1S/C21H25F3N4O3/c1-26-18-17(19(30)27(2)20(26)31)13(21(22,23)24)11-14(25-18)15-8-5-9-28(15)16(29)10-12-6-3-4-7-12/h11-12,15H,3-10H2,1-2H3/t15-/m1/s1. The van der Waals surface area contributed by atoms with Crippen LogP contribution >= 0.6 is 0 Å². The summed E-state index contributed by atoms with van der Waals surface area (Å²) >= 11 is 0. The summed E-state index contributed by atoms with van der Waals surface area (Å²) in [4.78, 5) is 43.7. The van der Waals surface area contributed by atoms with E-state index in [1.807, 2.05) is 0 Å². The van der Waals surface area contributed by atoms with Crippen molar-refractivity contribution < 1.29 is 18.0 Å². The molecule has 1 amide bonds. The van der Waals surface area contributed by atoms with Crippen molar-refractivity contribution >= 4 is 16.9 Å². The molecule has 0 spiro atoms. The van der Waals surface area contributed by atoms with Gasteiger partial charge in [-0.15, -0.1) is 0 Å². The first-order chi connectivity index (χ1) is 14.6. The fraction of sp³-hybridized carbons (Fsp3) is 0.619. The van der Waals surface area contributed by atoms with Gasteiger partial charge in [-0.25, -0.2) is 9.78 Å². The molecule has 2 aromatic rings. The average Bonchev–Trinajstić information content (AvgIpc) is 3.41. The molecular weight excluding hydrogens is 413 g/mol. The van der Waals surface area contributed by atoms with E-state index in [4.69, 9.17) is 0 Å². The first-order valence-electron chi connectivity index (χ1n) is 10.6. The van der Waals surface area contributed by atoms with Crippen LogP contribution < -0.4 is 11.2 Å². The first kappa shape index (κ1) is 21.6. The fourth-order valence-corrected chi connectivity index (χ4v) is 4.92. The first-order valence-corrected chi connectivity index (χ1v) is 10.6. The lowest BCUT2D eigenvalue weighted by Crippen LogP contribution is -2.39. The monoisotopic (exact) mass is 438 g/mol. The predicted molar refractivity (Wildman–Crippen MR) is 107 cm³/mol. The Morgan fingerprint density at radius 3 is 2.42 bits per heavy atom. The molecule has 1 atom stereocenters. The molecule has 10 heteroatoms. The highest BCUT2D eigenvalue weighted by atomic mass is 19.4. The molecule has 2 fully saturated rings. The van der Waals surface area contributed by atoms with E-state index in [0.717, 1.165) is 43.4 Å².